The van der Waals surface area contributed by atoms with Crippen molar-refractivity contribution in [3.05, 3.63) is 29.8 Å². The third-order valence-corrected chi connectivity index (χ3v) is 6.92. The molecule has 3 rings (SSSR count). The molecular formula is C19H28N2O3S. The van der Waals surface area contributed by atoms with Gasteiger partial charge in [0.1, 0.15) is 6.10 Å². The van der Waals surface area contributed by atoms with Crippen molar-refractivity contribution in [2.75, 3.05) is 11.9 Å². The van der Waals surface area contributed by atoms with Gasteiger partial charge in [0.05, 0.1) is 6.10 Å². The summed E-state index contributed by atoms with van der Waals surface area (Å²) >= 11 is 0. The molecule has 3 N–H and O–H groups in total. The lowest BCUT2D eigenvalue weighted by Gasteiger charge is -2.21. The highest BCUT2D eigenvalue weighted by Crippen LogP contribution is 2.25. The number of nitrogens with two attached hydrogens (primary N) is 1. The molecule has 0 radical (unpaired) electrons. The molecule has 1 aromatic carbocycles. The van der Waals surface area contributed by atoms with Gasteiger partial charge in [-0.25, -0.2) is 0 Å². The van der Waals surface area contributed by atoms with E-state index < -0.39 is 16.9 Å². The number of nitrogens with one attached hydrogen (secondary N) is 1. The van der Waals surface area contributed by atoms with E-state index in [1.54, 1.807) is 0 Å². The number of anilines is 1. The summed E-state index contributed by atoms with van der Waals surface area (Å²) in [5, 5.41) is 3.24. The molecule has 0 aromatic heterocycles. The first kappa shape index (κ1) is 18.5. The van der Waals surface area contributed by atoms with E-state index in [4.69, 9.17) is 10.5 Å². The van der Waals surface area contributed by atoms with Gasteiger partial charge in [-0.1, -0.05) is 31.4 Å². The Hall–Kier alpha value is -1.24. The van der Waals surface area contributed by atoms with Crippen molar-refractivity contribution < 1.29 is 13.7 Å². The molecule has 25 heavy (non-hydrogen) atoms. The van der Waals surface area contributed by atoms with Crippen LogP contribution in [-0.2, 0) is 26.1 Å². The van der Waals surface area contributed by atoms with Crippen LogP contribution < -0.4 is 11.1 Å². The van der Waals surface area contributed by atoms with Gasteiger partial charge in [0, 0.05) is 34.0 Å². The number of ether oxygens (including phenoxy) is 1. The van der Waals surface area contributed by atoms with Crippen LogP contribution in [0.25, 0.3) is 0 Å². The molecule has 0 spiro atoms. The van der Waals surface area contributed by atoms with Gasteiger partial charge in [0.25, 0.3) is 5.91 Å². The molecule has 1 saturated carbocycles. The summed E-state index contributed by atoms with van der Waals surface area (Å²) in [6, 6.07) is 7.67. The van der Waals surface area contributed by atoms with Crippen molar-refractivity contribution >= 4 is 22.4 Å². The number of carbonyl (C=O) groups is 1. The SMILES string of the molecule is NC[C@H]1CC[C@@H](C(=O)Nc2cccc(CS(=O)C3CCCCC3)c2)O1. The first-order valence-corrected chi connectivity index (χ1v) is 10.7. The zero-order valence-electron chi connectivity index (χ0n) is 14.6. The fourth-order valence-electron chi connectivity index (χ4n) is 3.64. The molecule has 0 bridgehead atoms. The van der Waals surface area contributed by atoms with E-state index in [-0.39, 0.29) is 12.0 Å². The second-order valence-electron chi connectivity index (χ2n) is 7.03. The van der Waals surface area contributed by atoms with E-state index in [2.05, 4.69) is 5.32 Å². The number of hydrogen-bond donors (Lipinski definition) is 2. The Labute approximate surface area is 152 Å². The van der Waals surface area contributed by atoms with Crippen LogP contribution in [0.2, 0.25) is 0 Å². The lowest BCUT2D eigenvalue weighted by molar-refractivity contribution is -0.126. The number of rotatable bonds is 6. The minimum atomic E-state index is -0.838. The van der Waals surface area contributed by atoms with Gasteiger partial charge in [0.2, 0.25) is 0 Å². The lowest BCUT2D eigenvalue weighted by atomic mass is 10.0. The van der Waals surface area contributed by atoms with Gasteiger partial charge in [-0.3, -0.25) is 9.00 Å². The first-order valence-electron chi connectivity index (χ1n) is 9.28. The third-order valence-electron chi connectivity index (χ3n) is 5.09. The summed E-state index contributed by atoms with van der Waals surface area (Å²) in [5.41, 5.74) is 7.34. The van der Waals surface area contributed by atoms with Crippen molar-refractivity contribution in [3.8, 4) is 0 Å². The Morgan fingerprint density at radius 1 is 1.20 bits per heavy atom. The van der Waals surface area contributed by atoms with Crippen molar-refractivity contribution in [1.82, 2.24) is 0 Å². The van der Waals surface area contributed by atoms with Crippen molar-refractivity contribution in [3.63, 3.8) is 0 Å². The van der Waals surface area contributed by atoms with Gasteiger partial charge < -0.3 is 15.8 Å². The largest absolute Gasteiger partial charge is 0.364 e. The molecule has 138 valence electrons. The first-order chi connectivity index (χ1) is 12.2. The second kappa shape index (κ2) is 8.92. The summed E-state index contributed by atoms with van der Waals surface area (Å²) in [7, 11) is -0.838. The molecule has 1 saturated heterocycles. The predicted octanol–water partition coefficient (Wildman–Crippen LogP) is 2.71. The minimum absolute atomic E-state index is 0.0139. The van der Waals surface area contributed by atoms with Gasteiger partial charge >= 0.3 is 0 Å². The zero-order chi connectivity index (χ0) is 17.6. The van der Waals surface area contributed by atoms with Crippen LogP contribution in [-0.4, -0.2) is 34.1 Å². The number of amides is 1. The summed E-state index contributed by atoms with van der Waals surface area (Å²) in [6.07, 6.45) is 6.90. The highest BCUT2D eigenvalue weighted by atomic mass is 32.2. The van der Waals surface area contributed by atoms with E-state index in [0.29, 0.717) is 24.0 Å². The summed E-state index contributed by atoms with van der Waals surface area (Å²) < 4.78 is 18.2. The second-order valence-corrected chi connectivity index (χ2v) is 8.75. The van der Waals surface area contributed by atoms with Crippen LogP contribution in [0.15, 0.2) is 24.3 Å². The molecule has 5 nitrogen and oxygen atoms in total. The van der Waals surface area contributed by atoms with Gasteiger partial charge in [0.15, 0.2) is 0 Å². The smallest absolute Gasteiger partial charge is 0.253 e. The molecule has 1 aliphatic carbocycles. The quantitative estimate of drug-likeness (QED) is 0.813. The van der Waals surface area contributed by atoms with Gasteiger partial charge in [-0.05, 0) is 43.4 Å². The third kappa shape index (κ3) is 5.12. The average Bonchev–Trinajstić information content (AvgIpc) is 3.12. The van der Waals surface area contributed by atoms with E-state index in [1.807, 2.05) is 24.3 Å². The maximum Gasteiger partial charge on any atom is 0.253 e. The van der Waals surface area contributed by atoms with E-state index >= 15 is 0 Å². The Kier molecular flexibility index (Phi) is 6.62. The van der Waals surface area contributed by atoms with Crippen LogP contribution in [0.4, 0.5) is 5.69 Å². The summed E-state index contributed by atoms with van der Waals surface area (Å²) in [6.45, 7) is 0.451. The Morgan fingerprint density at radius 3 is 2.72 bits per heavy atom. The molecule has 6 heteroatoms. The number of carbonyl (C=O) groups excluding carboxylic acids is 1. The van der Waals surface area contributed by atoms with E-state index in [0.717, 1.165) is 30.5 Å². The molecule has 1 heterocycles. The van der Waals surface area contributed by atoms with Crippen molar-refractivity contribution in [2.45, 2.75) is 68.2 Å². The topological polar surface area (TPSA) is 81.4 Å². The normalized spacial score (nSPS) is 25.6. The van der Waals surface area contributed by atoms with E-state index in [1.165, 1.54) is 19.3 Å². The van der Waals surface area contributed by atoms with Crippen LogP contribution in [0.3, 0.4) is 0 Å². The van der Waals surface area contributed by atoms with Crippen LogP contribution in [0.5, 0.6) is 0 Å². The molecule has 1 aliphatic heterocycles. The highest BCUT2D eigenvalue weighted by Gasteiger charge is 2.29. The van der Waals surface area contributed by atoms with Crippen molar-refractivity contribution in [1.29, 1.82) is 0 Å². The molecule has 2 fully saturated rings. The summed E-state index contributed by atoms with van der Waals surface area (Å²) in [4.78, 5) is 12.3. The average molecular weight is 365 g/mol. The van der Waals surface area contributed by atoms with Gasteiger partial charge in [-0.2, -0.15) is 0 Å². The van der Waals surface area contributed by atoms with E-state index in [9.17, 15) is 9.00 Å². The Bertz CT molecular complexity index is 616. The lowest BCUT2D eigenvalue weighted by Crippen LogP contribution is -2.29. The fraction of sp³-hybridized carbons (Fsp3) is 0.632. The highest BCUT2D eigenvalue weighted by molar-refractivity contribution is 7.84. The number of benzene rings is 1. The maximum absolute atomic E-state index is 12.6. The van der Waals surface area contributed by atoms with Gasteiger partial charge in [-0.15, -0.1) is 0 Å². The molecule has 1 aromatic rings. The Balaban J connectivity index is 1.56. The minimum Gasteiger partial charge on any atom is -0.364 e. The molecule has 1 unspecified atom stereocenters. The standard InChI is InChI=1S/C19H28N2O3S/c20-12-16-9-10-18(24-16)19(22)21-15-6-4-5-14(11-15)13-25(23)17-7-2-1-3-8-17/h4-6,11,16-18H,1-3,7-10,12-13,20H2,(H,21,22)/t16-,18+,25?/m1/s1. The zero-order valence-corrected chi connectivity index (χ0v) is 15.4. The molecule has 2 aliphatic rings. The Morgan fingerprint density at radius 2 is 2.00 bits per heavy atom. The van der Waals surface area contributed by atoms with Crippen molar-refractivity contribution in [2.24, 2.45) is 5.73 Å². The fourth-order valence-corrected chi connectivity index (χ4v) is 5.25. The number of hydrogen-bond acceptors (Lipinski definition) is 4. The predicted molar refractivity (Wildman–Crippen MR) is 101 cm³/mol. The molecule has 3 atom stereocenters. The van der Waals surface area contributed by atoms with Crippen LogP contribution in [0.1, 0.15) is 50.5 Å². The molecule has 1 amide bonds. The maximum atomic E-state index is 12.6. The molecular weight excluding hydrogens is 336 g/mol. The van der Waals surface area contributed by atoms with Crippen LogP contribution in [0, 0.1) is 0 Å². The summed E-state index contributed by atoms with van der Waals surface area (Å²) in [5.74, 6) is 0.435. The monoisotopic (exact) mass is 364 g/mol. The van der Waals surface area contributed by atoms with Crippen LogP contribution >= 0.6 is 0 Å².